The van der Waals surface area contributed by atoms with Crippen molar-refractivity contribution < 1.29 is 9.13 Å². The van der Waals surface area contributed by atoms with Crippen LogP contribution in [0.4, 0.5) is 4.39 Å². The fourth-order valence-corrected chi connectivity index (χ4v) is 2.80. The Morgan fingerprint density at radius 1 is 1.42 bits per heavy atom. The predicted molar refractivity (Wildman–Crippen MR) is 75.2 cm³/mol. The minimum absolute atomic E-state index is 0.0571. The normalized spacial score (nSPS) is 12.4. The average molecular weight is 280 g/mol. The third-order valence-corrected chi connectivity index (χ3v) is 3.81. The van der Waals surface area contributed by atoms with E-state index in [0.29, 0.717) is 12.8 Å². The number of halogens is 1. The molecule has 2 aromatic rings. The van der Waals surface area contributed by atoms with E-state index in [0.717, 1.165) is 16.3 Å². The van der Waals surface area contributed by atoms with Crippen LogP contribution >= 0.6 is 11.3 Å². The number of aryl methyl sites for hydroxylation is 1. The van der Waals surface area contributed by atoms with Crippen molar-refractivity contribution in [2.75, 3.05) is 7.11 Å². The van der Waals surface area contributed by atoms with Gasteiger partial charge in [0.15, 0.2) is 11.6 Å². The van der Waals surface area contributed by atoms with E-state index >= 15 is 0 Å². The third kappa shape index (κ3) is 3.75. The van der Waals surface area contributed by atoms with Crippen molar-refractivity contribution in [3.8, 4) is 5.75 Å². The third-order valence-electron chi connectivity index (χ3n) is 2.82. The minimum atomic E-state index is -0.350. The Labute approximate surface area is 116 Å². The van der Waals surface area contributed by atoms with Crippen molar-refractivity contribution in [1.82, 2.24) is 4.98 Å². The Morgan fingerprint density at radius 2 is 2.21 bits per heavy atom. The van der Waals surface area contributed by atoms with Crippen LogP contribution in [0.25, 0.3) is 0 Å². The van der Waals surface area contributed by atoms with Crippen LogP contribution in [0.1, 0.15) is 16.3 Å². The molecule has 0 amide bonds. The molecule has 19 heavy (non-hydrogen) atoms. The van der Waals surface area contributed by atoms with Gasteiger partial charge in [0.25, 0.3) is 0 Å². The molecule has 0 saturated heterocycles. The van der Waals surface area contributed by atoms with E-state index in [1.807, 2.05) is 18.4 Å². The molecule has 1 unspecified atom stereocenters. The molecule has 1 aromatic heterocycles. The minimum Gasteiger partial charge on any atom is -0.494 e. The molecule has 2 N–H and O–H groups in total. The smallest absolute Gasteiger partial charge is 0.165 e. The molecule has 3 nitrogen and oxygen atoms in total. The summed E-state index contributed by atoms with van der Waals surface area (Å²) in [6, 6.07) is 4.89. The molecule has 1 aromatic carbocycles. The van der Waals surface area contributed by atoms with Crippen LogP contribution in [-0.4, -0.2) is 18.1 Å². The zero-order chi connectivity index (χ0) is 13.8. The number of nitrogens with zero attached hydrogens (tertiary/aromatic N) is 1. The van der Waals surface area contributed by atoms with Crippen molar-refractivity contribution in [3.63, 3.8) is 0 Å². The molecular formula is C14H17FN2OS. The summed E-state index contributed by atoms with van der Waals surface area (Å²) in [5.41, 5.74) is 7.97. The highest BCUT2D eigenvalue weighted by Gasteiger charge is 2.10. The predicted octanol–water partition coefficient (Wildman–Crippen LogP) is 2.71. The molecule has 0 aliphatic heterocycles. The fraction of sp³-hybridized carbons (Fsp3) is 0.357. The number of aromatic nitrogens is 1. The Kier molecular flexibility index (Phi) is 4.50. The summed E-state index contributed by atoms with van der Waals surface area (Å²) in [5, 5.41) is 3.04. The summed E-state index contributed by atoms with van der Waals surface area (Å²) >= 11 is 1.61. The van der Waals surface area contributed by atoms with Crippen molar-refractivity contribution in [3.05, 3.63) is 45.7 Å². The van der Waals surface area contributed by atoms with Gasteiger partial charge < -0.3 is 10.5 Å². The maximum Gasteiger partial charge on any atom is 0.165 e. The van der Waals surface area contributed by atoms with Crippen LogP contribution < -0.4 is 10.5 Å². The zero-order valence-corrected chi connectivity index (χ0v) is 11.8. The Balaban J connectivity index is 1.98. The highest BCUT2D eigenvalue weighted by molar-refractivity contribution is 7.09. The van der Waals surface area contributed by atoms with E-state index in [9.17, 15) is 4.39 Å². The van der Waals surface area contributed by atoms with E-state index < -0.39 is 0 Å². The SMILES string of the molecule is COc1ccc(CC(N)Cc2nc(C)cs2)cc1F. The summed E-state index contributed by atoms with van der Waals surface area (Å²) in [6.45, 7) is 1.96. The Bertz CT molecular complexity index is 556. The van der Waals surface area contributed by atoms with Gasteiger partial charge in [-0.25, -0.2) is 9.37 Å². The number of thiazole rings is 1. The molecule has 0 fully saturated rings. The quantitative estimate of drug-likeness (QED) is 0.916. The molecule has 5 heteroatoms. The summed E-state index contributed by atoms with van der Waals surface area (Å²) in [7, 11) is 1.45. The van der Waals surface area contributed by atoms with Gasteiger partial charge in [-0.15, -0.1) is 11.3 Å². The van der Waals surface area contributed by atoms with Gasteiger partial charge in [-0.1, -0.05) is 6.07 Å². The topological polar surface area (TPSA) is 48.1 Å². The molecule has 0 radical (unpaired) electrons. The van der Waals surface area contributed by atoms with Gasteiger partial charge >= 0.3 is 0 Å². The van der Waals surface area contributed by atoms with Crippen molar-refractivity contribution in [2.45, 2.75) is 25.8 Å². The molecular weight excluding hydrogens is 263 g/mol. The maximum absolute atomic E-state index is 13.6. The lowest BCUT2D eigenvalue weighted by Gasteiger charge is -2.11. The fourth-order valence-electron chi connectivity index (χ4n) is 1.93. The first kappa shape index (κ1) is 14.0. The van der Waals surface area contributed by atoms with Gasteiger partial charge in [0.05, 0.1) is 12.1 Å². The Morgan fingerprint density at radius 3 is 2.79 bits per heavy atom. The first-order chi connectivity index (χ1) is 9.08. The lowest BCUT2D eigenvalue weighted by molar-refractivity contribution is 0.386. The van der Waals surface area contributed by atoms with Crippen molar-refractivity contribution in [1.29, 1.82) is 0 Å². The second-order valence-electron chi connectivity index (χ2n) is 4.52. The number of hydrogen-bond acceptors (Lipinski definition) is 4. The summed E-state index contributed by atoms with van der Waals surface area (Å²) in [6.07, 6.45) is 1.34. The summed E-state index contributed by atoms with van der Waals surface area (Å²) < 4.78 is 18.4. The molecule has 0 saturated carbocycles. The first-order valence-electron chi connectivity index (χ1n) is 6.07. The maximum atomic E-state index is 13.6. The number of benzene rings is 1. The number of rotatable bonds is 5. The average Bonchev–Trinajstić information content (AvgIpc) is 2.74. The van der Waals surface area contributed by atoms with Gasteiger partial charge in [0.1, 0.15) is 0 Å². The van der Waals surface area contributed by atoms with Crippen LogP contribution in [-0.2, 0) is 12.8 Å². The number of hydrogen-bond donors (Lipinski definition) is 1. The lowest BCUT2D eigenvalue weighted by atomic mass is 10.0. The first-order valence-corrected chi connectivity index (χ1v) is 6.95. The van der Waals surface area contributed by atoms with Crippen molar-refractivity contribution in [2.24, 2.45) is 5.73 Å². The second kappa shape index (κ2) is 6.12. The largest absolute Gasteiger partial charge is 0.494 e. The summed E-state index contributed by atoms with van der Waals surface area (Å²) in [5.74, 6) is -0.0924. The highest BCUT2D eigenvalue weighted by Crippen LogP contribution is 2.19. The van der Waals surface area contributed by atoms with E-state index in [-0.39, 0.29) is 17.6 Å². The molecule has 1 heterocycles. The van der Waals surface area contributed by atoms with Crippen LogP contribution in [0, 0.1) is 12.7 Å². The molecule has 0 spiro atoms. The molecule has 0 aliphatic rings. The van der Waals surface area contributed by atoms with Crippen LogP contribution in [0.3, 0.4) is 0 Å². The zero-order valence-electron chi connectivity index (χ0n) is 11.0. The van der Waals surface area contributed by atoms with E-state index in [1.165, 1.54) is 13.2 Å². The molecule has 102 valence electrons. The van der Waals surface area contributed by atoms with Gasteiger partial charge in [-0.05, 0) is 31.0 Å². The van der Waals surface area contributed by atoms with E-state index in [4.69, 9.17) is 10.5 Å². The standard InChI is InChI=1S/C14H17FN2OS/c1-9-8-19-14(17-9)7-11(16)5-10-3-4-13(18-2)12(15)6-10/h3-4,6,8,11H,5,7,16H2,1-2H3. The molecule has 0 aliphatic carbocycles. The number of ether oxygens (including phenoxy) is 1. The molecule has 0 bridgehead atoms. The Hall–Kier alpha value is -1.46. The molecule has 1 atom stereocenters. The van der Waals surface area contributed by atoms with Gasteiger partial charge in [0.2, 0.25) is 0 Å². The van der Waals surface area contributed by atoms with Crippen LogP contribution in [0.2, 0.25) is 0 Å². The summed E-state index contributed by atoms with van der Waals surface area (Å²) in [4.78, 5) is 4.38. The number of nitrogens with two attached hydrogens (primary N) is 1. The monoisotopic (exact) mass is 280 g/mol. The van der Waals surface area contributed by atoms with Crippen LogP contribution in [0.5, 0.6) is 5.75 Å². The van der Waals surface area contributed by atoms with Gasteiger partial charge in [-0.2, -0.15) is 0 Å². The van der Waals surface area contributed by atoms with E-state index in [1.54, 1.807) is 17.4 Å². The highest BCUT2D eigenvalue weighted by atomic mass is 32.1. The van der Waals surface area contributed by atoms with Crippen molar-refractivity contribution >= 4 is 11.3 Å². The number of methoxy groups -OCH3 is 1. The van der Waals surface area contributed by atoms with Gasteiger partial charge in [-0.3, -0.25) is 0 Å². The second-order valence-corrected chi connectivity index (χ2v) is 5.46. The van der Waals surface area contributed by atoms with E-state index in [2.05, 4.69) is 4.98 Å². The van der Waals surface area contributed by atoms with Gasteiger partial charge in [0, 0.05) is 23.5 Å². The molecule has 2 rings (SSSR count). The lowest BCUT2D eigenvalue weighted by Crippen LogP contribution is -2.25. The van der Waals surface area contributed by atoms with Crippen LogP contribution in [0.15, 0.2) is 23.6 Å².